The van der Waals surface area contributed by atoms with E-state index in [0.29, 0.717) is 17.1 Å². The van der Waals surface area contributed by atoms with Crippen molar-refractivity contribution in [3.63, 3.8) is 0 Å². The molecule has 8 heteroatoms. The highest BCUT2D eigenvalue weighted by Gasteiger charge is 2.29. The molecule has 0 radical (unpaired) electrons. The maximum absolute atomic E-state index is 12.1. The number of nitrogens with two attached hydrogens (primary N) is 1. The van der Waals surface area contributed by atoms with Gasteiger partial charge in [-0.3, -0.25) is 9.58 Å². The Morgan fingerprint density at radius 1 is 1.42 bits per heavy atom. The van der Waals surface area contributed by atoms with Crippen molar-refractivity contribution in [2.75, 3.05) is 25.9 Å². The number of halogens is 3. The molecule has 0 saturated heterocycles. The van der Waals surface area contributed by atoms with Gasteiger partial charge < -0.3 is 10.8 Å². The molecule has 0 aliphatic carbocycles. The third kappa shape index (κ3) is 4.71. The van der Waals surface area contributed by atoms with E-state index in [1.807, 2.05) is 0 Å². The van der Waals surface area contributed by atoms with Crippen molar-refractivity contribution in [1.82, 2.24) is 14.7 Å². The van der Waals surface area contributed by atoms with E-state index in [0.717, 1.165) is 4.90 Å². The Bertz CT molecular complexity index is 430. The van der Waals surface area contributed by atoms with Gasteiger partial charge in [-0.1, -0.05) is 0 Å². The molecule has 0 spiro atoms. The maximum atomic E-state index is 12.1. The van der Waals surface area contributed by atoms with Crippen LogP contribution in [0.2, 0.25) is 0 Å². The van der Waals surface area contributed by atoms with Crippen LogP contribution in [0.5, 0.6) is 0 Å². The van der Waals surface area contributed by atoms with Gasteiger partial charge >= 0.3 is 6.18 Å². The lowest BCUT2D eigenvalue weighted by Gasteiger charge is -2.22. The zero-order valence-electron chi connectivity index (χ0n) is 11.2. The normalized spacial score (nSPS) is 14.1. The molecule has 0 aromatic carbocycles. The summed E-state index contributed by atoms with van der Waals surface area (Å²) in [6.45, 7) is 2.47. The van der Waals surface area contributed by atoms with Crippen LogP contribution in [-0.4, -0.2) is 52.2 Å². The van der Waals surface area contributed by atoms with Crippen molar-refractivity contribution in [2.24, 2.45) is 0 Å². The number of aromatic nitrogens is 2. The highest BCUT2D eigenvalue weighted by molar-refractivity contribution is 5.46. The van der Waals surface area contributed by atoms with E-state index in [1.54, 1.807) is 13.8 Å². The minimum Gasteiger partial charge on any atom is -0.396 e. The number of nitrogen functional groups attached to an aromatic ring is 1. The summed E-state index contributed by atoms with van der Waals surface area (Å²) in [5.41, 5.74) is 7.63. The van der Waals surface area contributed by atoms with Gasteiger partial charge in [0.15, 0.2) is 0 Å². The van der Waals surface area contributed by atoms with Gasteiger partial charge in [-0.2, -0.15) is 18.3 Å². The zero-order valence-corrected chi connectivity index (χ0v) is 11.2. The summed E-state index contributed by atoms with van der Waals surface area (Å²) in [6.07, 6.45) is -5.21. The molecule has 110 valence electrons. The summed E-state index contributed by atoms with van der Waals surface area (Å²) < 4.78 is 37.9. The highest BCUT2D eigenvalue weighted by atomic mass is 19.4. The SMILES string of the molecule is Cc1nn(CC(O)CN(C)CC(F)(F)F)c(C)c1N. The van der Waals surface area contributed by atoms with Crippen molar-refractivity contribution in [2.45, 2.75) is 32.7 Å². The molecule has 19 heavy (non-hydrogen) atoms. The van der Waals surface area contributed by atoms with Gasteiger partial charge in [0.2, 0.25) is 0 Å². The zero-order chi connectivity index (χ0) is 14.8. The molecule has 0 saturated carbocycles. The van der Waals surface area contributed by atoms with Gasteiger partial charge in [-0.25, -0.2) is 0 Å². The van der Waals surface area contributed by atoms with E-state index in [9.17, 15) is 18.3 Å². The molecule has 0 bridgehead atoms. The molecule has 1 unspecified atom stereocenters. The van der Waals surface area contributed by atoms with Crippen LogP contribution in [0.1, 0.15) is 11.4 Å². The number of hydrogen-bond donors (Lipinski definition) is 2. The Labute approximate surface area is 109 Å². The minimum atomic E-state index is -4.27. The second-order valence-corrected chi connectivity index (χ2v) is 4.73. The Balaban J connectivity index is 2.55. The maximum Gasteiger partial charge on any atom is 0.401 e. The van der Waals surface area contributed by atoms with Crippen molar-refractivity contribution in [3.8, 4) is 0 Å². The molecule has 1 aromatic rings. The van der Waals surface area contributed by atoms with Gasteiger partial charge in [0.25, 0.3) is 0 Å². The van der Waals surface area contributed by atoms with Gasteiger partial charge in [0.1, 0.15) is 0 Å². The molecular formula is C11H19F3N4O. The summed E-state index contributed by atoms with van der Waals surface area (Å²) >= 11 is 0. The number of anilines is 1. The molecule has 0 amide bonds. The average molecular weight is 280 g/mol. The summed E-state index contributed by atoms with van der Waals surface area (Å²) in [6, 6.07) is 0. The van der Waals surface area contributed by atoms with E-state index in [4.69, 9.17) is 5.73 Å². The number of alkyl halides is 3. The number of nitrogens with zero attached hydrogens (tertiary/aromatic N) is 3. The van der Waals surface area contributed by atoms with Crippen molar-refractivity contribution in [3.05, 3.63) is 11.4 Å². The Kier molecular flexibility index (Phi) is 4.81. The Morgan fingerprint density at radius 3 is 2.42 bits per heavy atom. The summed E-state index contributed by atoms with van der Waals surface area (Å²) in [5.74, 6) is 0. The van der Waals surface area contributed by atoms with E-state index >= 15 is 0 Å². The van der Waals surface area contributed by atoms with Crippen LogP contribution in [0.25, 0.3) is 0 Å². The van der Waals surface area contributed by atoms with Crippen molar-refractivity contribution >= 4 is 5.69 Å². The first-order valence-corrected chi connectivity index (χ1v) is 5.83. The predicted octanol–water partition coefficient (Wildman–Crippen LogP) is 0.937. The van der Waals surface area contributed by atoms with Crippen LogP contribution in [0.15, 0.2) is 0 Å². The molecule has 3 N–H and O–H groups in total. The van der Waals surface area contributed by atoms with Gasteiger partial charge in [-0.15, -0.1) is 0 Å². The standard InChI is InChI=1S/C11H19F3N4O/c1-7-10(15)8(2)18(16-7)5-9(19)4-17(3)6-11(12,13)14/h9,19H,4-6,15H2,1-3H3. The second kappa shape index (κ2) is 5.79. The summed E-state index contributed by atoms with van der Waals surface area (Å²) in [5, 5.41) is 13.9. The fraction of sp³-hybridized carbons (Fsp3) is 0.727. The summed E-state index contributed by atoms with van der Waals surface area (Å²) in [7, 11) is 1.31. The third-order valence-corrected chi connectivity index (χ3v) is 2.79. The predicted molar refractivity (Wildman–Crippen MR) is 65.7 cm³/mol. The monoisotopic (exact) mass is 280 g/mol. The Hall–Kier alpha value is -1.28. The smallest absolute Gasteiger partial charge is 0.396 e. The molecule has 1 heterocycles. The molecule has 0 aliphatic rings. The quantitative estimate of drug-likeness (QED) is 0.842. The first kappa shape index (κ1) is 15.8. The van der Waals surface area contributed by atoms with Crippen molar-refractivity contribution < 1.29 is 18.3 Å². The number of aliphatic hydroxyl groups is 1. The minimum absolute atomic E-state index is 0.0856. The molecule has 0 fully saturated rings. The van der Waals surface area contributed by atoms with Gasteiger partial charge in [-0.05, 0) is 20.9 Å². The lowest BCUT2D eigenvalue weighted by molar-refractivity contribution is -0.145. The van der Waals surface area contributed by atoms with E-state index < -0.39 is 18.8 Å². The lowest BCUT2D eigenvalue weighted by Crippen LogP contribution is -2.38. The summed E-state index contributed by atoms with van der Waals surface area (Å²) in [4.78, 5) is 1.03. The molecule has 1 atom stereocenters. The molecule has 5 nitrogen and oxygen atoms in total. The second-order valence-electron chi connectivity index (χ2n) is 4.73. The lowest BCUT2D eigenvalue weighted by atomic mass is 10.3. The molecule has 1 aromatic heterocycles. The average Bonchev–Trinajstić information content (AvgIpc) is 2.43. The van der Waals surface area contributed by atoms with Crippen LogP contribution >= 0.6 is 0 Å². The first-order valence-electron chi connectivity index (χ1n) is 5.83. The largest absolute Gasteiger partial charge is 0.401 e. The van der Waals surface area contributed by atoms with Crippen LogP contribution < -0.4 is 5.73 Å². The first-order chi connectivity index (χ1) is 8.60. The van der Waals surface area contributed by atoms with Crippen LogP contribution in [0.3, 0.4) is 0 Å². The molecule has 1 rings (SSSR count). The van der Waals surface area contributed by atoms with E-state index in [1.165, 1.54) is 11.7 Å². The van der Waals surface area contributed by atoms with Crippen LogP contribution in [-0.2, 0) is 6.54 Å². The number of likely N-dealkylation sites (N-methyl/N-ethyl adjacent to an activating group) is 1. The van der Waals surface area contributed by atoms with E-state index in [2.05, 4.69) is 5.10 Å². The topological polar surface area (TPSA) is 67.3 Å². The number of aliphatic hydroxyl groups excluding tert-OH is 1. The van der Waals surface area contributed by atoms with Gasteiger partial charge in [0.05, 0.1) is 36.3 Å². The molecule has 0 aliphatic heterocycles. The van der Waals surface area contributed by atoms with Crippen LogP contribution in [0, 0.1) is 13.8 Å². The molecular weight excluding hydrogens is 261 g/mol. The number of aryl methyl sites for hydroxylation is 1. The number of hydrogen-bond acceptors (Lipinski definition) is 4. The van der Waals surface area contributed by atoms with E-state index in [-0.39, 0.29) is 13.1 Å². The Morgan fingerprint density at radius 2 is 2.00 bits per heavy atom. The van der Waals surface area contributed by atoms with Crippen molar-refractivity contribution in [1.29, 1.82) is 0 Å². The fourth-order valence-corrected chi connectivity index (χ4v) is 1.88. The number of rotatable bonds is 5. The van der Waals surface area contributed by atoms with Gasteiger partial charge in [0, 0.05) is 6.54 Å². The van der Waals surface area contributed by atoms with Crippen LogP contribution in [0.4, 0.5) is 18.9 Å². The third-order valence-electron chi connectivity index (χ3n) is 2.79. The fourth-order valence-electron chi connectivity index (χ4n) is 1.88. The highest BCUT2D eigenvalue weighted by Crippen LogP contribution is 2.17.